The third-order valence-corrected chi connectivity index (χ3v) is 6.86. The fraction of sp³-hybridized carbons (Fsp3) is 0.346. The molecular weight excluding hydrogens is 487 g/mol. The average molecular weight is 512 g/mol. The first-order valence-corrected chi connectivity index (χ1v) is 12.1. The van der Waals surface area contributed by atoms with E-state index in [2.05, 4.69) is 23.0 Å². The van der Waals surface area contributed by atoms with Crippen LogP contribution in [0.1, 0.15) is 53.3 Å². The molecule has 1 atom stereocenters. The normalized spacial score (nSPS) is 15.6. The van der Waals surface area contributed by atoms with E-state index in [0.717, 1.165) is 10.4 Å². The van der Waals surface area contributed by atoms with Crippen LogP contribution in [-0.2, 0) is 24.1 Å². The number of hydrogen-bond acceptors (Lipinski definition) is 5. The molecule has 0 saturated heterocycles. The van der Waals surface area contributed by atoms with E-state index in [-0.39, 0.29) is 25.2 Å². The number of halogens is 3. The van der Waals surface area contributed by atoms with Crippen molar-refractivity contribution in [3.05, 3.63) is 63.1 Å². The van der Waals surface area contributed by atoms with Gasteiger partial charge in [-0.05, 0) is 49.4 Å². The SMILES string of the molecule is CCn1cc(-c2ccccc2[C@H]2CN(C(=O)C#CC(C)(C)N)Cc3sc(C#N)cc32)c(C(F)(F)F)n1. The lowest BCUT2D eigenvalue weighted by Gasteiger charge is -2.33. The van der Waals surface area contributed by atoms with Gasteiger partial charge >= 0.3 is 6.18 Å². The molecule has 6 nitrogen and oxygen atoms in total. The van der Waals surface area contributed by atoms with E-state index in [1.54, 1.807) is 56.0 Å². The minimum Gasteiger partial charge on any atom is -0.326 e. The molecule has 2 aromatic heterocycles. The van der Waals surface area contributed by atoms with Crippen LogP contribution in [0.4, 0.5) is 13.2 Å². The average Bonchev–Trinajstić information content (AvgIpc) is 3.45. The fourth-order valence-corrected chi connectivity index (χ4v) is 5.26. The second-order valence-electron chi connectivity index (χ2n) is 9.14. The van der Waals surface area contributed by atoms with Crippen molar-refractivity contribution in [1.82, 2.24) is 14.7 Å². The Kier molecular flexibility index (Phi) is 6.70. The maximum Gasteiger partial charge on any atom is 0.435 e. The summed E-state index contributed by atoms with van der Waals surface area (Å²) >= 11 is 1.27. The number of amides is 1. The molecule has 1 aromatic carbocycles. The van der Waals surface area contributed by atoms with Gasteiger partial charge in [-0.25, -0.2) is 0 Å². The van der Waals surface area contributed by atoms with Gasteiger partial charge in [0.2, 0.25) is 0 Å². The van der Waals surface area contributed by atoms with Gasteiger partial charge in [0.25, 0.3) is 5.91 Å². The molecule has 1 aliphatic heterocycles. The minimum atomic E-state index is -4.64. The number of hydrogen-bond donors (Lipinski definition) is 1. The van der Waals surface area contributed by atoms with Crippen LogP contribution in [0.5, 0.6) is 0 Å². The number of aromatic nitrogens is 2. The summed E-state index contributed by atoms with van der Waals surface area (Å²) in [5.41, 5.74) is 5.89. The number of nitrogens with two attached hydrogens (primary N) is 1. The van der Waals surface area contributed by atoms with Crippen LogP contribution in [0.2, 0.25) is 0 Å². The Labute approximate surface area is 211 Å². The van der Waals surface area contributed by atoms with Gasteiger partial charge in [-0.15, -0.1) is 11.3 Å². The highest BCUT2D eigenvalue weighted by molar-refractivity contribution is 7.12. The molecule has 2 N–H and O–H groups in total. The first-order chi connectivity index (χ1) is 16.9. The Balaban J connectivity index is 1.85. The summed E-state index contributed by atoms with van der Waals surface area (Å²) in [6.07, 6.45) is -3.24. The topological polar surface area (TPSA) is 87.9 Å². The first kappa shape index (κ1) is 25.5. The number of carbonyl (C=O) groups is 1. The Morgan fingerprint density at radius 3 is 2.61 bits per heavy atom. The van der Waals surface area contributed by atoms with Crippen LogP contribution >= 0.6 is 11.3 Å². The molecule has 186 valence electrons. The molecule has 10 heteroatoms. The zero-order valence-electron chi connectivity index (χ0n) is 20.0. The minimum absolute atomic E-state index is 0.0228. The number of alkyl halides is 3. The number of rotatable bonds is 3. The van der Waals surface area contributed by atoms with Crippen molar-refractivity contribution in [1.29, 1.82) is 5.26 Å². The summed E-state index contributed by atoms with van der Waals surface area (Å²) in [6.45, 7) is 5.85. The van der Waals surface area contributed by atoms with Crippen LogP contribution < -0.4 is 5.73 Å². The zero-order valence-corrected chi connectivity index (χ0v) is 20.8. The molecule has 0 radical (unpaired) electrons. The molecule has 0 unspecified atom stereocenters. The van der Waals surface area contributed by atoms with Crippen molar-refractivity contribution in [2.45, 2.75) is 51.5 Å². The van der Waals surface area contributed by atoms with Crippen molar-refractivity contribution < 1.29 is 18.0 Å². The van der Waals surface area contributed by atoms with Gasteiger partial charge in [0, 0.05) is 35.6 Å². The Morgan fingerprint density at radius 1 is 1.25 bits per heavy atom. The van der Waals surface area contributed by atoms with E-state index >= 15 is 0 Å². The van der Waals surface area contributed by atoms with E-state index in [9.17, 15) is 23.2 Å². The molecule has 4 rings (SSSR count). The van der Waals surface area contributed by atoms with Crippen LogP contribution in [0.25, 0.3) is 11.1 Å². The Hall–Kier alpha value is -3.60. The summed E-state index contributed by atoms with van der Waals surface area (Å²) in [7, 11) is 0. The Bertz CT molecular complexity index is 1410. The first-order valence-electron chi connectivity index (χ1n) is 11.3. The third-order valence-electron chi connectivity index (χ3n) is 5.82. The zero-order chi connectivity index (χ0) is 26.3. The number of fused-ring (bicyclic) bond motifs is 1. The number of nitrogens with zero attached hydrogens (tertiary/aromatic N) is 4. The van der Waals surface area contributed by atoms with Crippen molar-refractivity contribution in [3.63, 3.8) is 0 Å². The Morgan fingerprint density at radius 2 is 1.97 bits per heavy atom. The molecule has 0 spiro atoms. The number of benzene rings is 1. The molecule has 1 aliphatic rings. The van der Waals surface area contributed by atoms with Crippen molar-refractivity contribution in [2.24, 2.45) is 5.73 Å². The van der Waals surface area contributed by atoms with E-state index in [1.165, 1.54) is 22.2 Å². The smallest absolute Gasteiger partial charge is 0.326 e. The van der Waals surface area contributed by atoms with Crippen molar-refractivity contribution in [3.8, 4) is 29.0 Å². The second kappa shape index (κ2) is 9.45. The lowest BCUT2D eigenvalue weighted by atomic mass is 9.83. The number of nitriles is 1. The highest BCUT2D eigenvalue weighted by Crippen LogP contribution is 2.44. The molecule has 3 aromatic rings. The number of thiophene rings is 1. The summed E-state index contributed by atoms with van der Waals surface area (Å²) in [4.78, 5) is 15.8. The van der Waals surface area contributed by atoms with E-state index < -0.39 is 29.2 Å². The third kappa shape index (κ3) is 5.15. The van der Waals surface area contributed by atoms with Gasteiger partial charge in [-0.3, -0.25) is 9.48 Å². The molecule has 3 heterocycles. The highest BCUT2D eigenvalue weighted by Gasteiger charge is 2.39. The van der Waals surface area contributed by atoms with Gasteiger partial charge in [0.05, 0.1) is 12.1 Å². The molecule has 0 bridgehead atoms. The molecular formula is C26H24F3N5OS. The highest BCUT2D eigenvalue weighted by atomic mass is 32.1. The summed E-state index contributed by atoms with van der Waals surface area (Å²) < 4.78 is 43.0. The van der Waals surface area contributed by atoms with Crippen LogP contribution in [0, 0.1) is 23.2 Å². The lowest BCUT2D eigenvalue weighted by molar-refractivity contribution is -0.141. The molecule has 0 aliphatic carbocycles. The quantitative estimate of drug-likeness (QED) is 0.515. The van der Waals surface area contributed by atoms with Gasteiger partial charge in [0.15, 0.2) is 5.69 Å². The standard InChI is InChI=1S/C26H24F3N5OS/c1-4-34-14-21(24(32-34)26(27,28)29)18-8-6-5-7-17(18)20-13-33(23(35)9-10-25(2,3)31)15-22-19(20)11-16(12-30)36-22/h5-8,11,14,20H,4,13,15,31H2,1-3H3/t20-/m1/s1. The van der Waals surface area contributed by atoms with Crippen LogP contribution in [0.3, 0.4) is 0 Å². The summed E-state index contributed by atoms with van der Waals surface area (Å²) in [5.74, 6) is 4.45. The molecule has 1 amide bonds. The van der Waals surface area contributed by atoms with Gasteiger partial charge < -0.3 is 10.6 Å². The fourth-order valence-electron chi connectivity index (χ4n) is 4.22. The number of carbonyl (C=O) groups excluding carboxylic acids is 1. The van der Waals surface area contributed by atoms with Gasteiger partial charge in [-0.2, -0.15) is 23.5 Å². The summed E-state index contributed by atoms with van der Waals surface area (Å²) in [6, 6.07) is 10.7. The summed E-state index contributed by atoms with van der Waals surface area (Å²) in [5, 5.41) is 13.3. The monoisotopic (exact) mass is 511 g/mol. The number of aryl methyl sites for hydroxylation is 1. The molecule has 36 heavy (non-hydrogen) atoms. The predicted molar refractivity (Wildman–Crippen MR) is 131 cm³/mol. The van der Waals surface area contributed by atoms with Gasteiger partial charge in [-0.1, -0.05) is 30.2 Å². The van der Waals surface area contributed by atoms with Crippen molar-refractivity contribution in [2.75, 3.05) is 6.54 Å². The largest absolute Gasteiger partial charge is 0.435 e. The van der Waals surface area contributed by atoms with E-state index in [4.69, 9.17) is 5.73 Å². The molecule has 0 saturated carbocycles. The maximum atomic E-state index is 13.9. The second-order valence-corrected chi connectivity index (χ2v) is 10.3. The lowest BCUT2D eigenvalue weighted by Crippen LogP contribution is -2.38. The van der Waals surface area contributed by atoms with Gasteiger partial charge in [0.1, 0.15) is 10.9 Å². The predicted octanol–water partition coefficient (Wildman–Crippen LogP) is 4.74. The van der Waals surface area contributed by atoms with E-state index in [0.29, 0.717) is 16.0 Å². The van der Waals surface area contributed by atoms with E-state index in [1.807, 2.05) is 0 Å². The maximum absolute atomic E-state index is 13.9. The van der Waals surface area contributed by atoms with Crippen molar-refractivity contribution >= 4 is 17.2 Å². The molecule has 0 fully saturated rings. The van der Waals surface area contributed by atoms with Crippen LogP contribution in [-0.4, -0.2) is 32.7 Å². The van der Waals surface area contributed by atoms with Crippen LogP contribution in [0.15, 0.2) is 36.5 Å².